The van der Waals surface area contributed by atoms with Crippen LogP contribution in [-0.4, -0.2) is 46.1 Å². The maximum Gasteiger partial charge on any atom is 0.249 e. The normalized spacial score (nSPS) is 17.6. The predicted molar refractivity (Wildman–Crippen MR) is 89.0 cm³/mol. The lowest BCUT2D eigenvalue weighted by Gasteiger charge is -2.28. The third-order valence-electron chi connectivity index (χ3n) is 4.42. The maximum absolute atomic E-state index is 12.4. The number of aryl methyl sites for hydroxylation is 1. The molecule has 1 amide bonds. The zero-order valence-corrected chi connectivity index (χ0v) is 14.3. The van der Waals surface area contributed by atoms with Crippen LogP contribution in [0.4, 0.5) is 0 Å². The van der Waals surface area contributed by atoms with Gasteiger partial charge in [0.1, 0.15) is 6.04 Å². The molecule has 2 aromatic rings. The minimum absolute atomic E-state index is 0.0638. The topological polar surface area (TPSA) is 84.2 Å². The third-order valence-corrected chi connectivity index (χ3v) is 4.42. The zero-order chi connectivity index (χ0) is 17.1. The van der Waals surface area contributed by atoms with Crippen molar-refractivity contribution in [1.82, 2.24) is 25.3 Å². The Morgan fingerprint density at radius 2 is 2.17 bits per heavy atom. The molecule has 0 saturated carbocycles. The van der Waals surface area contributed by atoms with Gasteiger partial charge in [-0.05, 0) is 59.0 Å². The van der Waals surface area contributed by atoms with Gasteiger partial charge in [-0.15, -0.1) is 0 Å². The standard InChI is InChI=1S/C17H23N5O2/c1-11-10-14(4-7-18-11)15-20-17(24-21-15)12(2)19-16(23)13-5-8-22(3)9-6-13/h4,7,10,12-13H,5-6,8-9H2,1-3H3,(H,19,23)/t12-/m0/s1. The Hall–Kier alpha value is -2.28. The molecule has 0 aliphatic carbocycles. The van der Waals surface area contributed by atoms with E-state index in [2.05, 4.69) is 32.4 Å². The van der Waals surface area contributed by atoms with Crippen LogP contribution in [0.1, 0.15) is 37.4 Å². The lowest BCUT2D eigenvalue weighted by atomic mass is 9.96. The van der Waals surface area contributed by atoms with Gasteiger partial charge >= 0.3 is 0 Å². The van der Waals surface area contributed by atoms with E-state index < -0.39 is 0 Å². The number of pyridine rings is 1. The van der Waals surface area contributed by atoms with Gasteiger partial charge in [0.25, 0.3) is 0 Å². The highest BCUT2D eigenvalue weighted by Crippen LogP contribution is 2.21. The van der Waals surface area contributed by atoms with E-state index in [1.165, 1.54) is 0 Å². The van der Waals surface area contributed by atoms with Crippen molar-refractivity contribution in [3.8, 4) is 11.4 Å². The summed E-state index contributed by atoms with van der Waals surface area (Å²) >= 11 is 0. The van der Waals surface area contributed by atoms with Crippen molar-refractivity contribution in [3.05, 3.63) is 29.9 Å². The second-order valence-electron chi connectivity index (χ2n) is 6.45. The van der Waals surface area contributed by atoms with Crippen molar-refractivity contribution < 1.29 is 9.32 Å². The van der Waals surface area contributed by atoms with Crippen molar-refractivity contribution in [3.63, 3.8) is 0 Å². The number of amides is 1. The van der Waals surface area contributed by atoms with E-state index in [1.54, 1.807) is 6.20 Å². The highest BCUT2D eigenvalue weighted by Gasteiger charge is 2.26. The summed E-state index contributed by atoms with van der Waals surface area (Å²) in [6.45, 7) is 5.69. The quantitative estimate of drug-likeness (QED) is 0.923. The molecule has 7 nitrogen and oxygen atoms in total. The number of hydrogen-bond donors (Lipinski definition) is 1. The Labute approximate surface area is 141 Å². The molecule has 2 aromatic heterocycles. The van der Waals surface area contributed by atoms with E-state index in [0.29, 0.717) is 11.7 Å². The van der Waals surface area contributed by atoms with Crippen LogP contribution < -0.4 is 5.32 Å². The number of hydrogen-bond acceptors (Lipinski definition) is 6. The first-order chi connectivity index (χ1) is 11.5. The van der Waals surface area contributed by atoms with Gasteiger partial charge in [0.15, 0.2) is 0 Å². The van der Waals surface area contributed by atoms with E-state index in [-0.39, 0.29) is 17.9 Å². The second kappa shape index (κ2) is 7.09. The Bertz CT molecular complexity index is 707. The van der Waals surface area contributed by atoms with E-state index in [4.69, 9.17) is 4.52 Å². The first-order valence-electron chi connectivity index (χ1n) is 8.28. The van der Waals surface area contributed by atoms with Crippen molar-refractivity contribution >= 4 is 5.91 Å². The Morgan fingerprint density at radius 3 is 2.88 bits per heavy atom. The van der Waals surface area contributed by atoms with Crippen molar-refractivity contribution in [2.45, 2.75) is 32.7 Å². The number of likely N-dealkylation sites (tertiary alicyclic amines) is 1. The Kier molecular flexibility index (Phi) is 4.89. The van der Waals surface area contributed by atoms with E-state index in [1.807, 2.05) is 26.0 Å². The molecular weight excluding hydrogens is 306 g/mol. The van der Waals surface area contributed by atoms with Gasteiger partial charge in [0, 0.05) is 23.4 Å². The monoisotopic (exact) mass is 329 g/mol. The summed E-state index contributed by atoms with van der Waals surface area (Å²) in [4.78, 5) is 23.2. The summed E-state index contributed by atoms with van der Waals surface area (Å²) in [6, 6.07) is 3.43. The summed E-state index contributed by atoms with van der Waals surface area (Å²) in [6.07, 6.45) is 3.49. The summed E-state index contributed by atoms with van der Waals surface area (Å²) in [5, 5.41) is 7.00. The lowest BCUT2D eigenvalue weighted by Crippen LogP contribution is -2.39. The number of aromatic nitrogens is 3. The summed E-state index contributed by atoms with van der Waals surface area (Å²) in [5.41, 5.74) is 1.74. The molecule has 1 aliphatic heterocycles. The van der Waals surface area contributed by atoms with Crippen molar-refractivity contribution in [2.24, 2.45) is 5.92 Å². The molecule has 1 N–H and O–H groups in total. The number of carbonyl (C=O) groups excluding carboxylic acids is 1. The minimum atomic E-state index is -0.304. The van der Waals surface area contributed by atoms with Gasteiger partial charge in [-0.1, -0.05) is 5.16 Å². The SMILES string of the molecule is Cc1cc(-c2noc([C@H](C)NC(=O)C3CCN(C)CC3)n2)ccn1. The summed E-state index contributed by atoms with van der Waals surface area (Å²) in [5.74, 6) is 1.06. The highest BCUT2D eigenvalue weighted by molar-refractivity contribution is 5.79. The van der Waals surface area contributed by atoms with Gasteiger partial charge in [0.05, 0.1) is 0 Å². The Morgan fingerprint density at radius 1 is 1.42 bits per heavy atom. The summed E-state index contributed by atoms with van der Waals surface area (Å²) < 4.78 is 5.32. The van der Waals surface area contributed by atoms with Gasteiger partial charge in [-0.3, -0.25) is 9.78 Å². The van der Waals surface area contributed by atoms with Crippen LogP contribution in [0.15, 0.2) is 22.9 Å². The number of piperidine rings is 1. The van der Waals surface area contributed by atoms with Crippen LogP contribution in [0.25, 0.3) is 11.4 Å². The van der Waals surface area contributed by atoms with Crippen molar-refractivity contribution in [1.29, 1.82) is 0 Å². The first kappa shape index (κ1) is 16.6. The number of carbonyl (C=O) groups is 1. The number of nitrogens with zero attached hydrogens (tertiary/aromatic N) is 4. The average Bonchev–Trinajstić information content (AvgIpc) is 3.05. The zero-order valence-electron chi connectivity index (χ0n) is 14.3. The van der Waals surface area contributed by atoms with Crippen LogP contribution in [0, 0.1) is 12.8 Å². The third kappa shape index (κ3) is 3.79. The first-order valence-corrected chi connectivity index (χ1v) is 8.28. The van der Waals surface area contributed by atoms with Gasteiger partial charge in [0.2, 0.25) is 17.6 Å². The number of rotatable bonds is 4. The molecule has 3 heterocycles. The molecule has 0 aromatic carbocycles. The van der Waals surface area contributed by atoms with E-state index in [0.717, 1.165) is 37.2 Å². The van der Waals surface area contributed by atoms with Gasteiger partial charge in [-0.25, -0.2) is 0 Å². The minimum Gasteiger partial charge on any atom is -0.344 e. The highest BCUT2D eigenvalue weighted by atomic mass is 16.5. The van der Waals surface area contributed by atoms with Crippen LogP contribution in [0.3, 0.4) is 0 Å². The van der Waals surface area contributed by atoms with Crippen molar-refractivity contribution in [2.75, 3.05) is 20.1 Å². The molecule has 1 saturated heterocycles. The van der Waals surface area contributed by atoms with Crippen LogP contribution in [0.2, 0.25) is 0 Å². The smallest absolute Gasteiger partial charge is 0.249 e. The van der Waals surface area contributed by atoms with Gasteiger partial charge < -0.3 is 14.7 Å². The van der Waals surface area contributed by atoms with E-state index in [9.17, 15) is 4.79 Å². The lowest BCUT2D eigenvalue weighted by molar-refractivity contribution is -0.127. The maximum atomic E-state index is 12.4. The molecule has 0 bridgehead atoms. The molecule has 0 radical (unpaired) electrons. The largest absolute Gasteiger partial charge is 0.344 e. The predicted octanol–water partition coefficient (Wildman–Crippen LogP) is 1.96. The molecule has 1 fully saturated rings. The fraction of sp³-hybridized carbons (Fsp3) is 0.529. The fourth-order valence-corrected chi connectivity index (χ4v) is 2.88. The molecular formula is C17H23N5O2. The molecule has 1 atom stereocenters. The molecule has 3 rings (SSSR count). The fourth-order valence-electron chi connectivity index (χ4n) is 2.88. The second-order valence-corrected chi connectivity index (χ2v) is 6.45. The molecule has 128 valence electrons. The van der Waals surface area contributed by atoms with Gasteiger partial charge in [-0.2, -0.15) is 4.98 Å². The van der Waals surface area contributed by atoms with Crippen LogP contribution in [0.5, 0.6) is 0 Å². The molecule has 1 aliphatic rings. The van der Waals surface area contributed by atoms with Crippen LogP contribution >= 0.6 is 0 Å². The molecule has 24 heavy (non-hydrogen) atoms. The van der Waals surface area contributed by atoms with E-state index >= 15 is 0 Å². The summed E-state index contributed by atoms with van der Waals surface area (Å²) in [7, 11) is 2.08. The number of nitrogens with one attached hydrogen (secondary N) is 1. The Balaban J connectivity index is 1.63. The molecule has 0 unspecified atom stereocenters. The molecule has 7 heteroatoms. The average molecular weight is 329 g/mol. The molecule has 0 spiro atoms. The van der Waals surface area contributed by atoms with Crippen LogP contribution in [-0.2, 0) is 4.79 Å².